The van der Waals surface area contributed by atoms with Crippen molar-refractivity contribution in [2.75, 3.05) is 4.72 Å². The van der Waals surface area contributed by atoms with Crippen molar-refractivity contribution in [2.45, 2.75) is 11.8 Å². The van der Waals surface area contributed by atoms with Crippen molar-refractivity contribution in [3.8, 4) is 0 Å². The molecular formula is C11H8F2N2O5S. The summed E-state index contributed by atoms with van der Waals surface area (Å²) in [6, 6.07) is 2.11. The van der Waals surface area contributed by atoms with Crippen molar-refractivity contribution < 1.29 is 31.6 Å². The second kappa shape index (κ2) is 5.13. The van der Waals surface area contributed by atoms with Crippen molar-refractivity contribution >= 4 is 21.9 Å². The quantitative estimate of drug-likeness (QED) is 0.889. The number of benzene rings is 1. The Bertz CT molecular complexity index is 816. The maximum Gasteiger partial charge on any atom is 0.335 e. The van der Waals surface area contributed by atoms with Gasteiger partial charge in [-0.05, 0) is 19.1 Å². The Labute approximate surface area is 117 Å². The molecule has 1 aromatic heterocycles. The highest BCUT2D eigenvalue weighted by molar-refractivity contribution is 7.92. The minimum absolute atomic E-state index is 0.312. The van der Waals surface area contributed by atoms with Gasteiger partial charge in [-0.3, -0.25) is 0 Å². The van der Waals surface area contributed by atoms with Crippen LogP contribution in [0.3, 0.4) is 0 Å². The van der Waals surface area contributed by atoms with Gasteiger partial charge < -0.3 is 9.63 Å². The van der Waals surface area contributed by atoms with Gasteiger partial charge in [0, 0.05) is 6.07 Å². The minimum Gasteiger partial charge on any atom is -0.478 e. The molecule has 0 unspecified atom stereocenters. The van der Waals surface area contributed by atoms with Gasteiger partial charge in [0.05, 0.1) is 11.3 Å². The Morgan fingerprint density at radius 2 is 2.00 bits per heavy atom. The van der Waals surface area contributed by atoms with Crippen molar-refractivity contribution in [3.05, 3.63) is 41.1 Å². The molecule has 2 N–H and O–H groups in total. The second-order valence-corrected chi connectivity index (χ2v) is 5.66. The molecule has 1 aromatic carbocycles. The first kappa shape index (κ1) is 14.9. The number of anilines is 1. The van der Waals surface area contributed by atoms with Crippen LogP contribution in [0.4, 0.5) is 14.7 Å². The molecule has 0 saturated heterocycles. The fourth-order valence-corrected chi connectivity index (χ4v) is 2.57. The zero-order valence-electron chi connectivity index (χ0n) is 10.4. The number of carboxylic acid groups (broad SMARTS) is 1. The zero-order valence-corrected chi connectivity index (χ0v) is 11.2. The number of aromatic carboxylic acids is 1. The number of hydrogen-bond donors (Lipinski definition) is 2. The molecule has 0 saturated carbocycles. The lowest BCUT2D eigenvalue weighted by Crippen LogP contribution is -2.16. The summed E-state index contributed by atoms with van der Waals surface area (Å²) in [6.45, 7) is 1.52. The van der Waals surface area contributed by atoms with E-state index in [-0.39, 0.29) is 5.88 Å². The van der Waals surface area contributed by atoms with Gasteiger partial charge in [-0.1, -0.05) is 5.16 Å². The molecule has 0 aliphatic rings. The van der Waals surface area contributed by atoms with Crippen LogP contribution in [0.5, 0.6) is 0 Å². The first-order valence-corrected chi connectivity index (χ1v) is 6.87. The van der Waals surface area contributed by atoms with Crippen molar-refractivity contribution in [2.24, 2.45) is 0 Å². The summed E-state index contributed by atoms with van der Waals surface area (Å²) in [5.41, 5.74) is -0.346. The molecule has 2 rings (SSSR count). The summed E-state index contributed by atoms with van der Waals surface area (Å²) in [5, 5.41) is 12.2. The molecule has 0 spiro atoms. The summed E-state index contributed by atoms with van der Waals surface area (Å²) in [6.07, 6.45) is 0. The van der Waals surface area contributed by atoms with Gasteiger partial charge in [0.1, 0.15) is 4.90 Å². The maximum absolute atomic E-state index is 13.6. The van der Waals surface area contributed by atoms with Crippen LogP contribution < -0.4 is 4.72 Å². The van der Waals surface area contributed by atoms with Crippen LogP contribution in [0.1, 0.15) is 16.1 Å². The first-order chi connectivity index (χ1) is 9.70. The summed E-state index contributed by atoms with van der Waals surface area (Å²) in [7, 11) is -4.57. The van der Waals surface area contributed by atoms with Crippen LogP contribution in [0.15, 0.2) is 27.6 Å². The highest BCUT2D eigenvalue weighted by Gasteiger charge is 2.25. The topological polar surface area (TPSA) is 110 Å². The predicted molar refractivity (Wildman–Crippen MR) is 65.4 cm³/mol. The van der Waals surface area contributed by atoms with Crippen molar-refractivity contribution in [1.29, 1.82) is 0 Å². The Morgan fingerprint density at radius 3 is 2.52 bits per heavy atom. The monoisotopic (exact) mass is 318 g/mol. The molecule has 0 aliphatic heterocycles. The molecule has 0 radical (unpaired) electrons. The number of hydrogen-bond acceptors (Lipinski definition) is 5. The first-order valence-electron chi connectivity index (χ1n) is 5.39. The number of aryl methyl sites for hydroxylation is 1. The number of carboxylic acids is 1. The van der Waals surface area contributed by atoms with Crippen LogP contribution in [-0.2, 0) is 10.0 Å². The number of halogens is 2. The van der Waals surface area contributed by atoms with E-state index in [4.69, 9.17) is 5.11 Å². The molecule has 7 nitrogen and oxygen atoms in total. The lowest BCUT2D eigenvalue weighted by atomic mass is 10.2. The Balaban J connectivity index is 2.51. The predicted octanol–water partition coefficient (Wildman–Crippen LogP) is 1.76. The second-order valence-electron chi connectivity index (χ2n) is 4.01. The molecule has 0 aliphatic carbocycles. The van der Waals surface area contributed by atoms with E-state index < -0.39 is 38.1 Å². The van der Waals surface area contributed by atoms with Crippen LogP contribution in [-0.4, -0.2) is 24.7 Å². The number of nitrogens with one attached hydrogen (secondary N) is 1. The van der Waals surface area contributed by atoms with E-state index in [1.165, 1.54) is 13.0 Å². The third-order valence-electron chi connectivity index (χ3n) is 2.39. The molecule has 0 fully saturated rings. The highest BCUT2D eigenvalue weighted by atomic mass is 32.2. The Morgan fingerprint density at radius 1 is 1.33 bits per heavy atom. The van der Waals surface area contributed by atoms with Crippen LogP contribution >= 0.6 is 0 Å². The van der Waals surface area contributed by atoms with E-state index in [9.17, 15) is 22.0 Å². The van der Waals surface area contributed by atoms with E-state index in [1.54, 1.807) is 0 Å². The van der Waals surface area contributed by atoms with Gasteiger partial charge in [0.25, 0.3) is 10.0 Å². The third kappa shape index (κ3) is 2.99. The number of carbonyl (C=O) groups is 1. The van der Waals surface area contributed by atoms with E-state index >= 15 is 0 Å². The normalized spacial score (nSPS) is 11.4. The number of sulfonamides is 1. The molecular weight excluding hydrogens is 310 g/mol. The van der Waals surface area contributed by atoms with Crippen LogP contribution in [0.2, 0.25) is 0 Å². The number of aromatic nitrogens is 1. The largest absolute Gasteiger partial charge is 0.478 e. The summed E-state index contributed by atoms with van der Waals surface area (Å²) in [5.74, 6) is -5.19. The SMILES string of the molecule is Cc1cc(NS(=O)(=O)c2cc(C(=O)O)cc(F)c2F)on1. The molecule has 112 valence electrons. The van der Waals surface area contributed by atoms with Gasteiger partial charge in [-0.2, -0.15) is 0 Å². The molecule has 0 atom stereocenters. The molecule has 10 heteroatoms. The lowest BCUT2D eigenvalue weighted by molar-refractivity contribution is 0.0696. The van der Waals surface area contributed by atoms with Gasteiger partial charge in [0.15, 0.2) is 11.6 Å². The van der Waals surface area contributed by atoms with E-state index in [0.717, 1.165) is 0 Å². The van der Waals surface area contributed by atoms with Crippen molar-refractivity contribution in [1.82, 2.24) is 5.16 Å². The van der Waals surface area contributed by atoms with Crippen molar-refractivity contribution in [3.63, 3.8) is 0 Å². The van der Waals surface area contributed by atoms with Crippen LogP contribution in [0, 0.1) is 18.6 Å². The lowest BCUT2D eigenvalue weighted by Gasteiger charge is -2.07. The average molecular weight is 318 g/mol. The summed E-state index contributed by atoms with van der Waals surface area (Å²) < 4.78 is 57.3. The average Bonchev–Trinajstić information content (AvgIpc) is 2.76. The highest BCUT2D eigenvalue weighted by Crippen LogP contribution is 2.23. The third-order valence-corrected chi connectivity index (χ3v) is 3.74. The summed E-state index contributed by atoms with van der Waals surface area (Å²) >= 11 is 0. The van der Waals surface area contributed by atoms with Gasteiger partial charge in [0.2, 0.25) is 5.88 Å². The van der Waals surface area contributed by atoms with Gasteiger partial charge in [-0.25, -0.2) is 26.7 Å². The van der Waals surface area contributed by atoms with E-state index in [1.807, 2.05) is 4.72 Å². The summed E-state index contributed by atoms with van der Waals surface area (Å²) in [4.78, 5) is 9.63. The molecule has 21 heavy (non-hydrogen) atoms. The number of rotatable bonds is 4. The zero-order chi connectivity index (χ0) is 15.8. The Hall–Kier alpha value is -2.49. The molecule has 0 amide bonds. The molecule has 0 bridgehead atoms. The molecule has 2 aromatic rings. The van der Waals surface area contributed by atoms with E-state index in [2.05, 4.69) is 9.68 Å². The fraction of sp³-hybridized carbons (Fsp3) is 0.0909. The number of nitrogens with zero attached hydrogens (tertiary/aromatic N) is 1. The Kier molecular flexibility index (Phi) is 3.64. The fourth-order valence-electron chi connectivity index (χ4n) is 1.48. The van der Waals surface area contributed by atoms with Crippen LogP contribution in [0.25, 0.3) is 0 Å². The smallest absolute Gasteiger partial charge is 0.335 e. The standard InChI is InChI=1S/C11H8F2N2O5S/c1-5-2-9(20-14-5)15-21(18,19)8-4-6(11(16)17)3-7(12)10(8)13/h2-4,15H,1H3,(H,16,17). The molecule has 1 heterocycles. The van der Waals surface area contributed by atoms with Gasteiger partial charge in [-0.15, -0.1) is 0 Å². The minimum atomic E-state index is -4.57. The maximum atomic E-state index is 13.6. The van der Waals surface area contributed by atoms with Gasteiger partial charge >= 0.3 is 5.97 Å². The van der Waals surface area contributed by atoms with E-state index in [0.29, 0.717) is 17.8 Å².